The monoisotopic (exact) mass is 424 g/mol. The maximum atomic E-state index is 12.8. The lowest BCUT2D eigenvalue weighted by Crippen LogP contribution is -2.38. The van der Waals surface area contributed by atoms with Crippen molar-refractivity contribution >= 4 is 33.4 Å². The van der Waals surface area contributed by atoms with Gasteiger partial charge < -0.3 is 14.8 Å². The Morgan fingerprint density at radius 2 is 1.69 bits per heavy atom. The van der Waals surface area contributed by atoms with Crippen molar-refractivity contribution in [2.24, 2.45) is 0 Å². The maximum absolute atomic E-state index is 12.8. The van der Waals surface area contributed by atoms with E-state index in [2.05, 4.69) is 5.32 Å². The molecular formula is C20H28N2O6S. The number of anilines is 1. The van der Waals surface area contributed by atoms with Crippen LogP contribution in [-0.4, -0.2) is 50.1 Å². The highest BCUT2D eigenvalue weighted by Gasteiger charge is 2.28. The topological polar surface area (TPSA) is 110 Å². The van der Waals surface area contributed by atoms with Crippen LogP contribution in [0.25, 0.3) is 0 Å². The van der Waals surface area contributed by atoms with Crippen LogP contribution >= 0.6 is 0 Å². The first kappa shape index (κ1) is 23.0. The van der Waals surface area contributed by atoms with E-state index in [1.54, 1.807) is 7.05 Å². The van der Waals surface area contributed by atoms with Gasteiger partial charge in [0, 0.05) is 25.2 Å². The summed E-state index contributed by atoms with van der Waals surface area (Å²) in [4.78, 5) is 34.3. The number of amides is 1. The third-order valence-electron chi connectivity index (χ3n) is 4.95. The smallest absolute Gasteiger partial charge is 0.306 e. The lowest BCUT2D eigenvalue weighted by molar-refractivity contribution is -0.148. The number of ether oxygens (including phenoxy) is 1. The van der Waals surface area contributed by atoms with E-state index in [4.69, 9.17) is 4.74 Å². The van der Waals surface area contributed by atoms with Gasteiger partial charge in [-0.15, -0.1) is 0 Å². The summed E-state index contributed by atoms with van der Waals surface area (Å²) in [6.45, 7) is 0.901. The Morgan fingerprint density at radius 1 is 1.07 bits per heavy atom. The average Bonchev–Trinajstić information content (AvgIpc) is 2.71. The second-order valence-corrected chi connectivity index (χ2v) is 9.25. The highest BCUT2D eigenvalue weighted by atomic mass is 32.2. The quantitative estimate of drug-likeness (QED) is 0.610. The normalized spacial score (nSPS) is 15.1. The highest BCUT2D eigenvalue weighted by molar-refractivity contribution is 7.89. The minimum absolute atomic E-state index is 0.0193. The zero-order chi connectivity index (χ0) is 21.4. The molecule has 1 aliphatic carbocycles. The minimum atomic E-state index is -3.59. The molecule has 1 amide bonds. The minimum Gasteiger partial charge on any atom is -0.456 e. The summed E-state index contributed by atoms with van der Waals surface area (Å²) < 4.78 is 31.9. The lowest BCUT2D eigenvalue weighted by Gasteiger charge is -2.30. The van der Waals surface area contributed by atoms with Crippen molar-refractivity contribution in [2.45, 2.75) is 62.8 Å². The Hall–Kier alpha value is -2.26. The fourth-order valence-corrected chi connectivity index (χ4v) is 4.63. The summed E-state index contributed by atoms with van der Waals surface area (Å²) in [7, 11) is -1.98. The molecule has 1 aromatic carbocycles. The van der Waals surface area contributed by atoms with Gasteiger partial charge in [0.1, 0.15) is 5.78 Å². The Kier molecular flexibility index (Phi) is 8.33. The van der Waals surface area contributed by atoms with Crippen LogP contribution in [0.1, 0.15) is 51.9 Å². The fourth-order valence-electron chi connectivity index (χ4n) is 3.21. The molecule has 0 bridgehead atoms. The molecule has 160 valence electrons. The number of sulfonamides is 1. The van der Waals surface area contributed by atoms with Gasteiger partial charge in [-0.05, 0) is 44.0 Å². The highest BCUT2D eigenvalue weighted by Crippen LogP contribution is 2.26. The second kappa shape index (κ2) is 10.5. The van der Waals surface area contributed by atoms with Crippen LogP contribution in [0.5, 0.6) is 0 Å². The molecule has 1 N–H and O–H groups in total. The van der Waals surface area contributed by atoms with Crippen LogP contribution in [-0.2, 0) is 29.1 Å². The van der Waals surface area contributed by atoms with Crippen molar-refractivity contribution in [1.82, 2.24) is 4.31 Å². The van der Waals surface area contributed by atoms with E-state index < -0.39 is 28.5 Å². The number of hydrogen-bond acceptors (Lipinski definition) is 6. The van der Waals surface area contributed by atoms with Gasteiger partial charge >= 0.3 is 5.97 Å². The molecular weight excluding hydrogens is 396 g/mol. The molecule has 1 aromatic rings. The van der Waals surface area contributed by atoms with E-state index in [1.807, 2.05) is 0 Å². The molecule has 0 atom stereocenters. The van der Waals surface area contributed by atoms with E-state index in [1.165, 1.54) is 35.5 Å². The Morgan fingerprint density at radius 3 is 2.28 bits per heavy atom. The van der Waals surface area contributed by atoms with Crippen LogP contribution in [0.2, 0.25) is 0 Å². The Balaban J connectivity index is 1.89. The largest absolute Gasteiger partial charge is 0.456 e. The fraction of sp³-hybridized carbons (Fsp3) is 0.550. The van der Waals surface area contributed by atoms with Gasteiger partial charge in [-0.2, -0.15) is 4.31 Å². The third-order valence-corrected chi connectivity index (χ3v) is 6.87. The van der Waals surface area contributed by atoms with E-state index in [9.17, 15) is 22.8 Å². The summed E-state index contributed by atoms with van der Waals surface area (Å²) >= 11 is 0. The molecule has 1 saturated carbocycles. The number of rotatable bonds is 9. The summed E-state index contributed by atoms with van der Waals surface area (Å²) in [5.41, 5.74) is 0.397. The molecule has 0 aromatic heterocycles. The SMILES string of the molecule is CC(=O)CCC(=O)OCC(=O)Nc1ccc(S(=O)(=O)N(C)C2CCCCC2)cc1. The molecule has 0 radical (unpaired) electrons. The number of hydrogen-bond donors (Lipinski definition) is 1. The molecule has 2 rings (SSSR count). The number of ketones is 1. The molecule has 0 unspecified atom stereocenters. The van der Waals surface area contributed by atoms with Crippen molar-refractivity contribution in [1.29, 1.82) is 0 Å². The maximum Gasteiger partial charge on any atom is 0.306 e. The number of benzene rings is 1. The van der Waals surface area contributed by atoms with Crippen molar-refractivity contribution in [3.63, 3.8) is 0 Å². The van der Waals surface area contributed by atoms with Crippen LogP contribution in [0.3, 0.4) is 0 Å². The Labute approximate surface area is 171 Å². The Bertz CT molecular complexity index is 829. The first-order chi connectivity index (χ1) is 13.7. The van der Waals surface area contributed by atoms with Gasteiger partial charge in [-0.25, -0.2) is 8.42 Å². The van der Waals surface area contributed by atoms with Gasteiger partial charge in [-0.3, -0.25) is 9.59 Å². The van der Waals surface area contributed by atoms with Crippen LogP contribution in [0.4, 0.5) is 5.69 Å². The summed E-state index contributed by atoms with van der Waals surface area (Å²) in [5, 5.41) is 2.54. The van der Waals surface area contributed by atoms with E-state index >= 15 is 0 Å². The van der Waals surface area contributed by atoms with Crippen molar-refractivity contribution < 1.29 is 27.5 Å². The van der Waals surface area contributed by atoms with Crippen LogP contribution in [0, 0.1) is 0 Å². The number of nitrogens with zero attached hydrogens (tertiary/aromatic N) is 1. The van der Waals surface area contributed by atoms with Crippen LogP contribution in [0.15, 0.2) is 29.2 Å². The first-order valence-corrected chi connectivity index (χ1v) is 11.2. The molecule has 8 nitrogen and oxygen atoms in total. The van der Waals surface area contributed by atoms with Crippen molar-refractivity contribution in [2.75, 3.05) is 19.0 Å². The number of carbonyl (C=O) groups is 3. The summed E-state index contributed by atoms with van der Waals surface area (Å²) in [6.07, 6.45) is 4.97. The van der Waals surface area contributed by atoms with Gasteiger partial charge in [0.25, 0.3) is 5.91 Å². The number of esters is 1. The summed E-state index contributed by atoms with van der Waals surface area (Å²) in [6, 6.07) is 5.91. The molecule has 1 aliphatic rings. The van der Waals surface area contributed by atoms with Gasteiger partial charge in [0.05, 0.1) is 11.3 Å². The zero-order valence-electron chi connectivity index (χ0n) is 16.8. The predicted octanol–water partition coefficient (Wildman–Crippen LogP) is 2.49. The van der Waals surface area contributed by atoms with Crippen molar-refractivity contribution in [3.05, 3.63) is 24.3 Å². The molecule has 0 heterocycles. The second-order valence-electron chi connectivity index (χ2n) is 7.25. The van der Waals surface area contributed by atoms with E-state index in [0.29, 0.717) is 5.69 Å². The third kappa shape index (κ3) is 6.93. The predicted molar refractivity (Wildman–Crippen MR) is 108 cm³/mol. The lowest BCUT2D eigenvalue weighted by atomic mass is 9.96. The standard InChI is InChI=1S/C20H28N2O6S/c1-15(23)8-13-20(25)28-14-19(24)21-16-9-11-18(12-10-16)29(26,27)22(2)17-6-4-3-5-7-17/h9-12,17H,3-8,13-14H2,1-2H3,(H,21,24). The van der Waals surface area contributed by atoms with Gasteiger partial charge in [0.2, 0.25) is 10.0 Å². The molecule has 1 fully saturated rings. The van der Waals surface area contributed by atoms with Gasteiger partial charge in [0.15, 0.2) is 6.61 Å². The molecule has 29 heavy (non-hydrogen) atoms. The molecule has 0 spiro atoms. The number of carbonyl (C=O) groups excluding carboxylic acids is 3. The van der Waals surface area contributed by atoms with Gasteiger partial charge in [-0.1, -0.05) is 19.3 Å². The molecule has 0 saturated heterocycles. The molecule has 9 heteroatoms. The van der Waals surface area contributed by atoms with Crippen LogP contribution < -0.4 is 5.32 Å². The average molecular weight is 425 g/mol. The molecule has 0 aliphatic heterocycles. The summed E-state index contributed by atoms with van der Waals surface area (Å²) in [5.74, 6) is -1.30. The number of Topliss-reactive ketones (excluding diaryl/α,β-unsaturated/α-hetero) is 1. The van der Waals surface area contributed by atoms with Crippen molar-refractivity contribution in [3.8, 4) is 0 Å². The first-order valence-electron chi connectivity index (χ1n) is 9.73. The van der Waals surface area contributed by atoms with E-state index in [0.717, 1.165) is 32.1 Å². The number of nitrogens with one attached hydrogen (secondary N) is 1. The van der Waals surface area contributed by atoms with E-state index in [-0.39, 0.29) is 29.6 Å². The zero-order valence-corrected chi connectivity index (χ0v) is 17.7.